The zero-order valence-electron chi connectivity index (χ0n) is 23.5. The Kier molecular flexibility index (Phi) is 7.21. The van der Waals surface area contributed by atoms with E-state index in [1.165, 1.54) is 16.6 Å². The lowest BCUT2D eigenvalue weighted by Crippen LogP contribution is -2.38. The van der Waals surface area contributed by atoms with Crippen LogP contribution in [-0.2, 0) is 16.1 Å². The number of para-hydroxylation sites is 1. The van der Waals surface area contributed by atoms with Crippen molar-refractivity contribution in [2.24, 2.45) is 11.3 Å². The van der Waals surface area contributed by atoms with Crippen LogP contribution in [-0.4, -0.2) is 42.3 Å². The summed E-state index contributed by atoms with van der Waals surface area (Å²) in [7, 11) is 3.96. The molecule has 6 heteroatoms. The molecule has 0 bridgehead atoms. The first kappa shape index (κ1) is 26.5. The molecule has 5 rings (SSSR count). The molecule has 0 aliphatic heterocycles. The molecule has 2 N–H and O–H groups in total. The molecule has 2 atom stereocenters. The number of hydrogen-bond donors (Lipinski definition) is 2. The number of amides is 2. The monoisotopic (exact) mass is 522 g/mol. The van der Waals surface area contributed by atoms with Crippen LogP contribution in [0.1, 0.15) is 43.0 Å². The Bertz CT molecular complexity index is 1470. The van der Waals surface area contributed by atoms with Crippen molar-refractivity contribution >= 4 is 34.1 Å². The highest BCUT2D eigenvalue weighted by molar-refractivity contribution is 5.95. The van der Waals surface area contributed by atoms with Crippen molar-refractivity contribution in [3.8, 4) is 0 Å². The van der Waals surface area contributed by atoms with E-state index >= 15 is 0 Å². The van der Waals surface area contributed by atoms with E-state index in [-0.39, 0.29) is 29.7 Å². The maximum Gasteiger partial charge on any atom is 0.244 e. The van der Waals surface area contributed by atoms with Crippen LogP contribution in [0, 0.1) is 18.3 Å². The molecule has 1 aliphatic rings. The van der Waals surface area contributed by atoms with Gasteiger partial charge in [0.1, 0.15) is 6.54 Å². The summed E-state index contributed by atoms with van der Waals surface area (Å²) in [6.07, 6.45) is 0.411. The van der Waals surface area contributed by atoms with Crippen molar-refractivity contribution in [1.29, 1.82) is 0 Å². The average molecular weight is 523 g/mol. The number of aromatic nitrogens is 1. The quantitative estimate of drug-likeness (QED) is 0.270. The van der Waals surface area contributed by atoms with Gasteiger partial charge in [-0.1, -0.05) is 62.4 Å². The topological polar surface area (TPSA) is 68.4 Å². The highest BCUT2D eigenvalue weighted by Gasteiger charge is 2.59. The Morgan fingerprint density at radius 2 is 1.59 bits per heavy atom. The molecule has 1 saturated carbocycles. The third-order valence-corrected chi connectivity index (χ3v) is 8.27. The second-order valence-corrected chi connectivity index (χ2v) is 11.5. The number of aromatic amines is 1. The van der Waals surface area contributed by atoms with Crippen LogP contribution in [0.3, 0.4) is 0 Å². The number of anilines is 2. The summed E-state index contributed by atoms with van der Waals surface area (Å²) in [5.41, 5.74) is 6.41. The summed E-state index contributed by atoms with van der Waals surface area (Å²) in [6.45, 7) is 7.04. The normalized spacial score (nSPS) is 17.6. The van der Waals surface area contributed by atoms with Crippen molar-refractivity contribution < 1.29 is 9.59 Å². The smallest absolute Gasteiger partial charge is 0.244 e. The molecule has 0 radical (unpaired) electrons. The van der Waals surface area contributed by atoms with E-state index in [0.29, 0.717) is 18.9 Å². The van der Waals surface area contributed by atoms with E-state index in [1.807, 2.05) is 79.7 Å². The Hall–Kier alpha value is -4.06. The van der Waals surface area contributed by atoms with Crippen LogP contribution >= 0.6 is 0 Å². The molecule has 0 spiro atoms. The van der Waals surface area contributed by atoms with Crippen LogP contribution in [0.15, 0.2) is 78.9 Å². The van der Waals surface area contributed by atoms with Gasteiger partial charge in [0.2, 0.25) is 11.8 Å². The summed E-state index contributed by atoms with van der Waals surface area (Å²) >= 11 is 0. The Balaban J connectivity index is 1.32. The van der Waals surface area contributed by atoms with E-state index in [4.69, 9.17) is 0 Å². The fourth-order valence-corrected chi connectivity index (χ4v) is 5.97. The van der Waals surface area contributed by atoms with Gasteiger partial charge in [-0.2, -0.15) is 0 Å². The fraction of sp³-hybridized carbons (Fsp3) is 0.333. The first-order valence-corrected chi connectivity index (χ1v) is 13.6. The molecule has 0 unspecified atom stereocenters. The number of carbonyl (C=O) groups excluding carboxylic acids is 2. The first-order chi connectivity index (χ1) is 18.6. The number of benzene rings is 3. The van der Waals surface area contributed by atoms with Gasteiger partial charge in [0.25, 0.3) is 0 Å². The molecule has 4 aromatic rings. The number of fused-ring (bicyclic) bond motifs is 1. The molecule has 202 valence electrons. The number of H-pyrrole nitrogens is 1. The highest BCUT2D eigenvalue weighted by Crippen LogP contribution is 2.67. The number of nitrogens with zero attached hydrogens (tertiary/aromatic N) is 2. The third-order valence-electron chi connectivity index (χ3n) is 8.27. The van der Waals surface area contributed by atoms with Gasteiger partial charge in [0.05, 0.1) is 0 Å². The van der Waals surface area contributed by atoms with Crippen molar-refractivity contribution in [2.75, 3.05) is 30.9 Å². The molecular weight excluding hydrogens is 484 g/mol. The SMILES string of the molecule is Cc1[nH]c2ccccc2c1[C@@H]1[C@H](CC(=O)N(CC(=O)Nc2ccc(N(C)C)cc2)Cc2ccccc2)C1(C)C. The van der Waals surface area contributed by atoms with Gasteiger partial charge in [-0.15, -0.1) is 0 Å². The molecular formula is C33H38N4O2. The summed E-state index contributed by atoms with van der Waals surface area (Å²) in [4.78, 5) is 34.1. The predicted molar refractivity (Wildman–Crippen MR) is 159 cm³/mol. The number of hydrogen-bond acceptors (Lipinski definition) is 3. The lowest BCUT2D eigenvalue weighted by Gasteiger charge is -2.23. The number of rotatable bonds is 9. The Morgan fingerprint density at radius 1 is 0.923 bits per heavy atom. The molecule has 39 heavy (non-hydrogen) atoms. The van der Waals surface area contributed by atoms with E-state index < -0.39 is 0 Å². The maximum absolute atomic E-state index is 13.8. The molecule has 1 fully saturated rings. The highest BCUT2D eigenvalue weighted by atomic mass is 16.2. The lowest BCUT2D eigenvalue weighted by atomic mass is 10.0. The second-order valence-electron chi connectivity index (χ2n) is 11.5. The van der Waals surface area contributed by atoms with Gasteiger partial charge >= 0.3 is 0 Å². The van der Waals surface area contributed by atoms with Crippen LogP contribution < -0.4 is 10.2 Å². The average Bonchev–Trinajstić information content (AvgIpc) is 3.26. The predicted octanol–water partition coefficient (Wildman–Crippen LogP) is 6.34. The van der Waals surface area contributed by atoms with Gasteiger partial charge in [0, 0.05) is 55.0 Å². The Morgan fingerprint density at radius 3 is 2.28 bits per heavy atom. The summed E-state index contributed by atoms with van der Waals surface area (Å²) in [5.74, 6) is 0.314. The number of nitrogens with one attached hydrogen (secondary N) is 2. The molecule has 1 heterocycles. The standard InChI is InChI=1S/C33H38N4O2/c1-22-31(26-13-9-10-14-28(26)34-22)32-27(33(32,2)3)19-30(39)37(20-23-11-7-6-8-12-23)21-29(38)35-24-15-17-25(18-16-24)36(4)5/h6-18,27,32,34H,19-21H2,1-5H3,(H,35,38)/t27-,32-/m0/s1. The zero-order chi connectivity index (χ0) is 27.7. The minimum absolute atomic E-state index is 0.000243. The van der Waals surface area contributed by atoms with Gasteiger partial charge in [-0.3, -0.25) is 9.59 Å². The molecule has 3 aromatic carbocycles. The minimum atomic E-state index is -0.198. The van der Waals surface area contributed by atoms with Crippen molar-refractivity contribution in [1.82, 2.24) is 9.88 Å². The van der Waals surface area contributed by atoms with Crippen molar-refractivity contribution in [3.05, 3.63) is 95.7 Å². The van der Waals surface area contributed by atoms with Crippen molar-refractivity contribution in [2.45, 2.75) is 39.7 Å². The van der Waals surface area contributed by atoms with E-state index in [2.05, 4.69) is 49.3 Å². The summed E-state index contributed by atoms with van der Waals surface area (Å²) in [5, 5.41) is 4.21. The van der Waals surface area contributed by atoms with E-state index in [9.17, 15) is 9.59 Å². The van der Waals surface area contributed by atoms with Gasteiger partial charge < -0.3 is 20.1 Å². The van der Waals surface area contributed by atoms with Crippen LogP contribution in [0.2, 0.25) is 0 Å². The molecule has 1 aliphatic carbocycles. The third kappa shape index (κ3) is 5.56. The molecule has 0 saturated heterocycles. The van der Waals surface area contributed by atoms with Gasteiger partial charge in [0.15, 0.2) is 0 Å². The summed E-state index contributed by atoms with van der Waals surface area (Å²) < 4.78 is 0. The summed E-state index contributed by atoms with van der Waals surface area (Å²) in [6, 6.07) is 26.0. The molecule has 2 amide bonds. The second kappa shape index (κ2) is 10.6. The maximum atomic E-state index is 13.8. The first-order valence-electron chi connectivity index (χ1n) is 13.6. The number of aryl methyl sites for hydroxylation is 1. The van der Waals surface area contributed by atoms with E-state index in [0.717, 1.165) is 22.5 Å². The lowest BCUT2D eigenvalue weighted by molar-refractivity contribution is -0.135. The molecule has 6 nitrogen and oxygen atoms in total. The zero-order valence-corrected chi connectivity index (χ0v) is 23.5. The molecule has 1 aromatic heterocycles. The fourth-order valence-electron chi connectivity index (χ4n) is 5.97. The minimum Gasteiger partial charge on any atom is -0.378 e. The largest absolute Gasteiger partial charge is 0.378 e. The van der Waals surface area contributed by atoms with Gasteiger partial charge in [-0.25, -0.2) is 0 Å². The number of carbonyl (C=O) groups is 2. The van der Waals surface area contributed by atoms with Crippen LogP contribution in [0.4, 0.5) is 11.4 Å². The van der Waals surface area contributed by atoms with Crippen LogP contribution in [0.5, 0.6) is 0 Å². The Labute approximate surface area is 231 Å². The van der Waals surface area contributed by atoms with Crippen LogP contribution in [0.25, 0.3) is 10.9 Å². The van der Waals surface area contributed by atoms with E-state index in [1.54, 1.807) is 4.90 Å². The van der Waals surface area contributed by atoms with Gasteiger partial charge in [-0.05, 0) is 65.6 Å². The van der Waals surface area contributed by atoms with Crippen molar-refractivity contribution in [3.63, 3.8) is 0 Å².